The van der Waals surface area contributed by atoms with Crippen molar-refractivity contribution in [3.8, 4) is 0 Å². The lowest BCUT2D eigenvalue weighted by molar-refractivity contribution is -0.134. The summed E-state index contributed by atoms with van der Waals surface area (Å²) in [4.78, 5) is 12.0. The molecule has 0 aliphatic carbocycles. The van der Waals surface area contributed by atoms with Gasteiger partial charge >= 0.3 is 0 Å². The Balaban J connectivity index is 1.72. The minimum absolute atomic E-state index is 0.0988. The molecule has 1 saturated heterocycles. The van der Waals surface area contributed by atoms with Crippen molar-refractivity contribution in [2.24, 2.45) is 0 Å². The van der Waals surface area contributed by atoms with Crippen molar-refractivity contribution in [3.05, 3.63) is 42.2 Å². The Bertz CT molecular complexity index is 551. The van der Waals surface area contributed by atoms with Gasteiger partial charge in [0.05, 0.1) is 13.2 Å². The first-order chi connectivity index (χ1) is 9.28. The molecule has 0 spiro atoms. The number of tetrazole rings is 1. The van der Waals surface area contributed by atoms with Gasteiger partial charge in [0, 0.05) is 0 Å². The van der Waals surface area contributed by atoms with E-state index in [0.717, 1.165) is 5.56 Å². The van der Waals surface area contributed by atoms with Gasteiger partial charge in [-0.15, -0.1) is 5.10 Å². The van der Waals surface area contributed by atoms with Gasteiger partial charge < -0.3 is 10.1 Å². The smallest absolute Gasteiger partial charge is 0.242 e. The van der Waals surface area contributed by atoms with E-state index < -0.39 is 5.54 Å². The lowest BCUT2D eigenvalue weighted by Gasteiger charge is -2.42. The molecule has 19 heavy (non-hydrogen) atoms. The molecule has 0 bridgehead atoms. The maximum Gasteiger partial charge on any atom is 0.242 e. The molecule has 1 fully saturated rings. The molecule has 7 heteroatoms. The van der Waals surface area contributed by atoms with E-state index in [1.54, 1.807) is 0 Å². The number of carbonyl (C=O) groups is 1. The first-order valence-corrected chi connectivity index (χ1v) is 5.94. The molecule has 2 aromatic rings. The third-order valence-electron chi connectivity index (χ3n) is 3.10. The van der Waals surface area contributed by atoms with E-state index in [-0.39, 0.29) is 12.5 Å². The topological polar surface area (TPSA) is 81.9 Å². The van der Waals surface area contributed by atoms with E-state index >= 15 is 0 Å². The third-order valence-corrected chi connectivity index (χ3v) is 3.10. The number of hydrogen-bond acceptors (Lipinski definition) is 5. The molecule has 1 aromatic heterocycles. The second-order valence-corrected chi connectivity index (χ2v) is 4.50. The molecule has 7 nitrogen and oxygen atoms in total. The molecule has 0 unspecified atom stereocenters. The standard InChI is InChI=1S/C12H13N5O2/c18-11(6-17-9-13-15-16-17)14-12(7-19-8-12)10-4-2-1-3-5-10/h1-5,9H,6-8H2,(H,14,18). The Hall–Kier alpha value is -2.28. The van der Waals surface area contributed by atoms with Crippen molar-refractivity contribution in [2.45, 2.75) is 12.1 Å². The van der Waals surface area contributed by atoms with Crippen molar-refractivity contribution in [1.29, 1.82) is 0 Å². The van der Waals surface area contributed by atoms with E-state index in [1.165, 1.54) is 11.0 Å². The number of hydrogen-bond donors (Lipinski definition) is 1. The summed E-state index contributed by atoms with van der Waals surface area (Å²) in [7, 11) is 0. The normalized spacial score (nSPS) is 16.6. The van der Waals surface area contributed by atoms with Crippen molar-refractivity contribution < 1.29 is 9.53 Å². The van der Waals surface area contributed by atoms with Gasteiger partial charge in [0.25, 0.3) is 0 Å². The number of ether oxygens (including phenoxy) is 1. The van der Waals surface area contributed by atoms with E-state index in [4.69, 9.17) is 4.74 Å². The zero-order chi connectivity index (χ0) is 13.1. The monoisotopic (exact) mass is 259 g/mol. The summed E-state index contributed by atoms with van der Waals surface area (Å²) in [6, 6.07) is 9.81. The summed E-state index contributed by atoms with van der Waals surface area (Å²) in [5, 5.41) is 13.7. The molecule has 1 amide bonds. The van der Waals surface area contributed by atoms with Crippen LogP contribution in [0.4, 0.5) is 0 Å². The van der Waals surface area contributed by atoms with E-state index in [2.05, 4.69) is 20.8 Å². The SMILES string of the molecule is O=C(Cn1cnnn1)NC1(c2ccccc2)COC1. The van der Waals surface area contributed by atoms with Gasteiger partial charge in [-0.1, -0.05) is 30.3 Å². The fraction of sp³-hybridized carbons (Fsp3) is 0.333. The molecular formula is C12H13N5O2. The number of amides is 1. The third kappa shape index (κ3) is 2.32. The van der Waals surface area contributed by atoms with Crippen LogP contribution >= 0.6 is 0 Å². The van der Waals surface area contributed by atoms with Crippen LogP contribution in [0.1, 0.15) is 5.56 Å². The second-order valence-electron chi connectivity index (χ2n) is 4.50. The van der Waals surface area contributed by atoms with Crippen LogP contribution in [0, 0.1) is 0 Å². The predicted molar refractivity (Wildman–Crippen MR) is 64.9 cm³/mol. The summed E-state index contributed by atoms with van der Waals surface area (Å²) in [6.07, 6.45) is 1.41. The Labute approximate surface area is 109 Å². The van der Waals surface area contributed by atoms with Crippen molar-refractivity contribution >= 4 is 5.91 Å². The fourth-order valence-corrected chi connectivity index (χ4v) is 2.08. The summed E-state index contributed by atoms with van der Waals surface area (Å²) < 4.78 is 6.65. The number of nitrogens with one attached hydrogen (secondary N) is 1. The lowest BCUT2D eigenvalue weighted by Crippen LogP contribution is -2.59. The first kappa shape index (κ1) is 11.8. The van der Waals surface area contributed by atoms with Gasteiger partial charge in [-0.3, -0.25) is 4.79 Å². The maximum absolute atomic E-state index is 12.0. The Morgan fingerprint density at radius 1 is 1.37 bits per heavy atom. The number of aromatic nitrogens is 4. The molecule has 1 N–H and O–H groups in total. The van der Waals surface area contributed by atoms with Crippen LogP contribution in [0.5, 0.6) is 0 Å². The molecule has 1 aromatic carbocycles. The van der Waals surface area contributed by atoms with E-state index in [1.807, 2.05) is 30.3 Å². The summed E-state index contributed by atoms with van der Waals surface area (Å²) in [6.45, 7) is 1.07. The van der Waals surface area contributed by atoms with Gasteiger partial charge in [0.15, 0.2) is 0 Å². The lowest BCUT2D eigenvalue weighted by atomic mass is 9.88. The molecule has 3 rings (SSSR count). The Kier molecular flexibility index (Phi) is 2.96. The van der Waals surface area contributed by atoms with Gasteiger partial charge in [-0.25, -0.2) is 4.68 Å². The summed E-state index contributed by atoms with van der Waals surface area (Å²) in [5.74, 6) is -0.139. The zero-order valence-corrected chi connectivity index (χ0v) is 10.2. The average molecular weight is 259 g/mol. The van der Waals surface area contributed by atoms with Crippen molar-refractivity contribution in [2.75, 3.05) is 13.2 Å². The van der Waals surface area contributed by atoms with E-state index in [0.29, 0.717) is 13.2 Å². The highest BCUT2D eigenvalue weighted by atomic mass is 16.5. The highest BCUT2D eigenvalue weighted by Crippen LogP contribution is 2.29. The Morgan fingerprint density at radius 2 is 2.16 bits per heavy atom. The van der Waals surface area contributed by atoms with Crippen LogP contribution < -0.4 is 5.32 Å². The van der Waals surface area contributed by atoms with Gasteiger partial charge in [-0.2, -0.15) is 0 Å². The molecule has 0 saturated carbocycles. The molecule has 0 radical (unpaired) electrons. The highest BCUT2D eigenvalue weighted by Gasteiger charge is 2.41. The van der Waals surface area contributed by atoms with Gasteiger partial charge in [0.1, 0.15) is 18.4 Å². The Morgan fingerprint density at radius 3 is 2.74 bits per heavy atom. The van der Waals surface area contributed by atoms with Crippen LogP contribution in [0.3, 0.4) is 0 Å². The van der Waals surface area contributed by atoms with Crippen LogP contribution in [0.2, 0.25) is 0 Å². The van der Waals surface area contributed by atoms with Gasteiger partial charge in [-0.05, 0) is 16.0 Å². The van der Waals surface area contributed by atoms with Crippen LogP contribution in [-0.4, -0.2) is 39.3 Å². The van der Waals surface area contributed by atoms with Crippen LogP contribution in [0.15, 0.2) is 36.7 Å². The second kappa shape index (κ2) is 4.77. The average Bonchev–Trinajstić information content (AvgIpc) is 2.88. The predicted octanol–water partition coefficient (Wildman–Crippen LogP) is -0.285. The largest absolute Gasteiger partial charge is 0.376 e. The molecule has 0 atom stereocenters. The first-order valence-electron chi connectivity index (χ1n) is 5.94. The molecule has 1 aliphatic heterocycles. The van der Waals surface area contributed by atoms with Crippen molar-refractivity contribution in [3.63, 3.8) is 0 Å². The molecule has 2 heterocycles. The summed E-state index contributed by atoms with van der Waals surface area (Å²) in [5.41, 5.74) is 0.623. The highest BCUT2D eigenvalue weighted by molar-refractivity contribution is 5.77. The minimum Gasteiger partial charge on any atom is -0.376 e. The summed E-state index contributed by atoms with van der Waals surface area (Å²) >= 11 is 0. The molecule has 98 valence electrons. The minimum atomic E-state index is -0.424. The number of nitrogens with zero attached hydrogens (tertiary/aromatic N) is 4. The van der Waals surface area contributed by atoms with Gasteiger partial charge in [0.2, 0.25) is 5.91 Å². The van der Waals surface area contributed by atoms with E-state index in [9.17, 15) is 4.79 Å². The zero-order valence-electron chi connectivity index (χ0n) is 10.2. The molecular weight excluding hydrogens is 246 g/mol. The van der Waals surface area contributed by atoms with Crippen LogP contribution in [0.25, 0.3) is 0 Å². The maximum atomic E-state index is 12.0. The van der Waals surface area contributed by atoms with Crippen LogP contribution in [-0.2, 0) is 21.6 Å². The number of rotatable bonds is 4. The molecule has 1 aliphatic rings. The number of carbonyl (C=O) groups excluding carboxylic acids is 1. The number of benzene rings is 1. The fourth-order valence-electron chi connectivity index (χ4n) is 2.08. The van der Waals surface area contributed by atoms with Crippen molar-refractivity contribution in [1.82, 2.24) is 25.5 Å². The quantitative estimate of drug-likeness (QED) is 0.816.